The fraction of sp³-hybridized carbons (Fsp3) is 0.0833. The van der Waals surface area contributed by atoms with E-state index in [9.17, 15) is 9.59 Å². The molecule has 1 heterocycles. The van der Waals surface area contributed by atoms with Crippen molar-refractivity contribution >= 4 is 39.8 Å². The largest absolute Gasteiger partial charge is 0.298 e. The number of aromatic nitrogens is 1. The van der Waals surface area contributed by atoms with Gasteiger partial charge < -0.3 is 0 Å². The number of nitrogens with zero attached hydrogens (tertiary/aromatic N) is 1. The van der Waals surface area contributed by atoms with Crippen LogP contribution in [0.5, 0.6) is 0 Å². The molecule has 0 bridgehead atoms. The van der Waals surface area contributed by atoms with E-state index in [4.69, 9.17) is 11.6 Å². The van der Waals surface area contributed by atoms with Gasteiger partial charge in [0, 0.05) is 22.9 Å². The second kappa shape index (κ2) is 5.29. The Kier molecular flexibility index (Phi) is 3.74. The summed E-state index contributed by atoms with van der Waals surface area (Å²) in [6.45, 7) is 1.43. The van der Waals surface area contributed by atoms with Crippen LogP contribution in [-0.2, 0) is 0 Å². The van der Waals surface area contributed by atoms with Gasteiger partial charge in [-0.1, -0.05) is 17.7 Å². The van der Waals surface area contributed by atoms with Crippen molar-refractivity contribution in [3.05, 3.63) is 45.9 Å². The second-order valence-electron chi connectivity index (χ2n) is 3.56. The molecule has 0 radical (unpaired) electrons. The highest BCUT2D eigenvalue weighted by Crippen LogP contribution is 2.17. The van der Waals surface area contributed by atoms with Crippen LogP contribution >= 0.6 is 22.9 Å². The van der Waals surface area contributed by atoms with E-state index in [1.54, 1.807) is 29.6 Å². The Morgan fingerprint density at radius 1 is 1.39 bits per heavy atom. The number of thiazole rings is 1. The average Bonchev–Trinajstić information content (AvgIpc) is 2.77. The molecule has 92 valence electrons. The normalized spacial score (nSPS) is 10.1. The SMILES string of the molecule is CC(=O)c1csc(NC(=O)c2cccc(Cl)c2)n1. The number of nitrogens with one attached hydrogen (secondary N) is 1. The molecule has 0 atom stereocenters. The van der Waals surface area contributed by atoms with E-state index in [1.807, 2.05) is 0 Å². The fourth-order valence-corrected chi connectivity index (χ4v) is 2.23. The van der Waals surface area contributed by atoms with Gasteiger partial charge in [0.1, 0.15) is 5.69 Å². The summed E-state index contributed by atoms with van der Waals surface area (Å²) in [5.41, 5.74) is 0.795. The number of amides is 1. The van der Waals surface area contributed by atoms with Gasteiger partial charge in [0.15, 0.2) is 10.9 Å². The Balaban J connectivity index is 2.13. The van der Waals surface area contributed by atoms with Crippen LogP contribution in [0.3, 0.4) is 0 Å². The molecule has 0 aliphatic rings. The van der Waals surface area contributed by atoms with E-state index < -0.39 is 0 Å². The zero-order valence-electron chi connectivity index (χ0n) is 9.44. The van der Waals surface area contributed by atoms with Crippen molar-refractivity contribution in [2.45, 2.75) is 6.92 Å². The summed E-state index contributed by atoms with van der Waals surface area (Å²) in [6.07, 6.45) is 0. The predicted molar refractivity (Wildman–Crippen MR) is 71.5 cm³/mol. The number of hydrogen-bond acceptors (Lipinski definition) is 4. The highest BCUT2D eigenvalue weighted by Gasteiger charge is 2.10. The number of carbonyl (C=O) groups excluding carboxylic acids is 2. The molecule has 6 heteroatoms. The van der Waals surface area contributed by atoms with Gasteiger partial charge in [-0.3, -0.25) is 14.9 Å². The minimum absolute atomic E-state index is 0.130. The third kappa shape index (κ3) is 2.94. The van der Waals surface area contributed by atoms with E-state index in [1.165, 1.54) is 18.3 Å². The topological polar surface area (TPSA) is 59.1 Å². The van der Waals surface area contributed by atoms with Crippen LogP contribution in [0.1, 0.15) is 27.8 Å². The molecule has 0 saturated heterocycles. The lowest BCUT2D eigenvalue weighted by molar-refractivity contribution is 0.100. The van der Waals surface area contributed by atoms with Crippen molar-refractivity contribution in [2.75, 3.05) is 5.32 Å². The number of Topliss-reactive ketones (excluding diaryl/α,β-unsaturated/α-hetero) is 1. The van der Waals surface area contributed by atoms with Crippen molar-refractivity contribution in [1.29, 1.82) is 0 Å². The molecule has 2 aromatic rings. The molecule has 1 aromatic heterocycles. The molecule has 0 spiro atoms. The Morgan fingerprint density at radius 3 is 2.78 bits per heavy atom. The standard InChI is InChI=1S/C12H9ClN2O2S/c1-7(16)10-6-18-12(14-10)15-11(17)8-3-2-4-9(13)5-8/h2-6H,1H3,(H,14,15,17). The monoisotopic (exact) mass is 280 g/mol. The van der Waals surface area contributed by atoms with Crippen LogP contribution in [0, 0.1) is 0 Å². The van der Waals surface area contributed by atoms with Gasteiger partial charge in [0.05, 0.1) is 0 Å². The van der Waals surface area contributed by atoms with Crippen LogP contribution < -0.4 is 5.32 Å². The summed E-state index contributed by atoms with van der Waals surface area (Å²) in [5.74, 6) is -0.434. The van der Waals surface area contributed by atoms with Crippen LogP contribution in [0.2, 0.25) is 5.02 Å². The predicted octanol–water partition coefficient (Wildman–Crippen LogP) is 3.25. The highest BCUT2D eigenvalue weighted by molar-refractivity contribution is 7.14. The first-order chi connectivity index (χ1) is 8.56. The summed E-state index contributed by atoms with van der Waals surface area (Å²) in [7, 11) is 0. The molecule has 1 amide bonds. The molecule has 1 aromatic carbocycles. The summed E-state index contributed by atoms with van der Waals surface area (Å²) in [6, 6.07) is 6.60. The third-order valence-electron chi connectivity index (χ3n) is 2.17. The van der Waals surface area contributed by atoms with Crippen LogP contribution in [0.15, 0.2) is 29.6 Å². The van der Waals surface area contributed by atoms with Gasteiger partial charge in [0.25, 0.3) is 5.91 Å². The fourth-order valence-electron chi connectivity index (χ4n) is 1.29. The zero-order valence-corrected chi connectivity index (χ0v) is 11.0. The van der Waals surface area contributed by atoms with Gasteiger partial charge in [0.2, 0.25) is 0 Å². The number of halogens is 1. The van der Waals surface area contributed by atoms with Gasteiger partial charge in [-0.05, 0) is 18.2 Å². The first-order valence-corrected chi connectivity index (χ1v) is 6.35. The molecular weight excluding hydrogens is 272 g/mol. The van der Waals surface area contributed by atoms with Gasteiger partial charge in [-0.15, -0.1) is 11.3 Å². The Labute approximate surface area is 113 Å². The van der Waals surface area contributed by atoms with E-state index >= 15 is 0 Å². The van der Waals surface area contributed by atoms with Gasteiger partial charge >= 0.3 is 0 Å². The number of benzene rings is 1. The van der Waals surface area contributed by atoms with Gasteiger partial charge in [-0.2, -0.15) is 0 Å². The minimum atomic E-state index is -0.304. The van der Waals surface area contributed by atoms with Crippen LogP contribution in [0.25, 0.3) is 0 Å². The van der Waals surface area contributed by atoms with Gasteiger partial charge in [-0.25, -0.2) is 4.98 Å². The summed E-state index contributed by atoms with van der Waals surface area (Å²) in [5, 5.41) is 5.11. The lowest BCUT2D eigenvalue weighted by Gasteiger charge is -2.01. The molecule has 1 N–H and O–H groups in total. The van der Waals surface area contributed by atoms with Crippen molar-refractivity contribution in [2.24, 2.45) is 0 Å². The summed E-state index contributed by atoms with van der Waals surface area (Å²) >= 11 is 7.01. The lowest BCUT2D eigenvalue weighted by Crippen LogP contribution is -2.11. The maximum Gasteiger partial charge on any atom is 0.257 e. The first kappa shape index (κ1) is 12.7. The van der Waals surface area contributed by atoms with E-state index in [-0.39, 0.29) is 11.7 Å². The maximum absolute atomic E-state index is 11.9. The lowest BCUT2D eigenvalue weighted by atomic mass is 10.2. The second-order valence-corrected chi connectivity index (χ2v) is 4.85. The zero-order chi connectivity index (χ0) is 13.1. The smallest absolute Gasteiger partial charge is 0.257 e. The van der Waals surface area contributed by atoms with Crippen molar-refractivity contribution in [1.82, 2.24) is 4.98 Å². The molecular formula is C12H9ClN2O2S. The molecule has 18 heavy (non-hydrogen) atoms. The number of carbonyl (C=O) groups is 2. The van der Waals surface area contributed by atoms with E-state index in [0.29, 0.717) is 21.4 Å². The number of anilines is 1. The van der Waals surface area contributed by atoms with Crippen molar-refractivity contribution in [3.63, 3.8) is 0 Å². The van der Waals surface area contributed by atoms with Crippen LogP contribution in [-0.4, -0.2) is 16.7 Å². The molecule has 4 nitrogen and oxygen atoms in total. The van der Waals surface area contributed by atoms with Crippen LogP contribution in [0.4, 0.5) is 5.13 Å². The maximum atomic E-state index is 11.9. The Bertz CT molecular complexity index is 610. The molecule has 0 saturated carbocycles. The number of hydrogen-bond donors (Lipinski definition) is 1. The molecule has 0 aliphatic carbocycles. The molecule has 2 rings (SSSR count). The Morgan fingerprint density at radius 2 is 2.17 bits per heavy atom. The molecule has 0 unspecified atom stereocenters. The Hall–Kier alpha value is -1.72. The summed E-state index contributed by atoms with van der Waals surface area (Å²) < 4.78 is 0. The van der Waals surface area contributed by atoms with E-state index in [0.717, 1.165) is 0 Å². The summed E-state index contributed by atoms with van der Waals surface area (Å²) in [4.78, 5) is 26.9. The van der Waals surface area contributed by atoms with Crippen molar-refractivity contribution < 1.29 is 9.59 Å². The van der Waals surface area contributed by atoms with E-state index in [2.05, 4.69) is 10.3 Å². The minimum Gasteiger partial charge on any atom is -0.298 e. The number of ketones is 1. The average molecular weight is 281 g/mol. The molecule has 0 fully saturated rings. The third-order valence-corrected chi connectivity index (χ3v) is 3.16. The first-order valence-electron chi connectivity index (χ1n) is 5.09. The highest BCUT2D eigenvalue weighted by atomic mass is 35.5. The number of rotatable bonds is 3. The van der Waals surface area contributed by atoms with Crippen molar-refractivity contribution in [3.8, 4) is 0 Å². The quantitative estimate of drug-likeness (QED) is 0.878. The molecule has 0 aliphatic heterocycles.